The number of benzene rings is 2. The molecule has 182 valence electrons. The van der Waals surface area contributed by atoms with Crippen LogP contribution in [0.25, 0.3) is 0 Å². The SMILES string of the molecule is O=C(C1CC1c1ccc(C(F)(F)F)cc1)N1CCN(S(=O)(=O)c2ccc3c(c2)OCCO3)CC1. The van der Waals surface area contributed by atoms with Crippen molar-refractivity contribution >= 4 is 15.9 Å². The predicted octanol–water partition coefficient (Wildman–Crippen LogP) is 3.11. The fourth-order valence-electron chi connectivity index (χ4n) is 4.47. The number of halogens is 3. The number of alkyl halides is 3. The zero-order valence-corrected chi connectivity index (χ0v) is 18.9. The highest BCUT2D eigenvalue weighted by molar-refractivity contribution is 7.89. The van der Waals surface area contributed by atoms with Crippen LogP contribution in [-0.2, 0) is 21.0 Å². The monoisotopic (exact) mass is 496 g/mol. The van der Waals surface area contributed by atoms with Crippen LogP contribution < -0.4 is 9.47 Å². The molecule has 0 bridgehead atoms. The number of piperazine rings is 1. The Balaban J connectivity index is 1.19. The van der Waals surface area contributed by atoms with Gasteiger partial charge >= 0.3 is 6.18 Å². The Morgan fingerprint density at radius 1 is 0.912 bits per heavy atom. The number of carbonyl (C=O) groups is 1. The van der Waals surface area contributed by atoms with Gasteiger partial charge in [0.2, 0.25) is 15.9 Å². The van der Waals surface area contributed by atoms with Crippen LogP contribution in [0.5, 0.6) is 11.5 Å². The van der Waals surface area contributed by atoms with Crippen molar-refractivity contribution in [1.29, 1.82) is 0 Å². The van der Waals surface area contributed by atoms with Gasteiger partial charge in [0.05, 0.1) is 10.5 Å². The molecule has 1 amide bonds. The van der Waals surface area contributed by atoms with Crippen molar-refractivity contribution in [3.8, 4) is 11.5 Å². The lowest BCUT2D eigenvalue weighted by molar-refractivity contribution is -0.137. The van der Waals surface area contributed by atoms with Crippen molar-refractivity contribution in [1.82, 2.24) is 9.21 Å². The molecule has 2 aromatic rings. The van der Waals surface area contributed by atoms with E-state index in [-0.39, 0.29) is 48.8 Å². The summed E-state index contributed by atoms with van der Waals surface area (Å²) >= 11 is 0. The molecule has 2 fully saturated rings. The Bertz CT molecular complexity index is 1190. The quantitative estimate of drug-likeness (QED) is 0.650. The van der Waals surface area contributed by atoms with Crippen LogP contribution in [0.4, 0.5) is 13.2 Å². The van der Waals surface area contributed by atoms with Gasteiger partial charge in [-0.05, 0) is 42.2 Å². The number of sulfonamides is 1. The topological polar surface area (TPSA) is 76.2 Å². The summed E-state index contributed by atoms with van der Waals surface area (Å²) in [6.45, 7) is 1.62. The van der Waals surface area contributed by atoms with E-state index in [0.717, 1.165) is 12.1 Å². The molecule has 0 aromatic heterocycles. The minimum Gasteiger partial charge on any atom is -0.486 e. The molecule has 1 aliphatic carbocycles. The molecule has 2 unspecified atom stereocenters. The molecule has 34 heavy (non-hydrogen) atoms. The standard InChI is InChI=1S/C23H23F3N2O5S/c24-23(25,26)16-3-1-15(2-4-16)18-14-19(18)22(29)27-7-9-28(10-8-27)34(30,31)17-5-6-20-21(13-17)33-12-11-32-20/h1-6,13,18-19H,7-12,14H2. The molecule has 11 heteroatoms. The van der Waals surface area contributed by atoms with Crippen LogP contribution in [0.15, 0.2) is 47.4 Å². The first-order valence-corrected chi connectivity index (χ1v) is 12.4. The average Bonchev–Trinajstić information content (AvgIpc) is 3.64. The average molecular weight is 497 g/mol. The summed E-state index contributed by atoms with van der Waals surface area (Å²) in [6.07, 6.45) is -3.81. The molecule has 0 spiro atoms. The normalized spacial score (nSPS) is 23.0. The summed E-state index contributed by atoms with van der Waals surface area (Å²) in [6, 6.07) is 9.46. The lowest BCUT2D eigenvalue weighted by Crippen LogP contribution is -2.51. The molecule has 3 aliphatic rings. The van der Waals surface area contributed by atoms with Gasteiger partial charge in [0, 0.05) is 38.2 Å². The van der Waals surface area contributed by atoms with Gasteiger partial charge < -0.3 is 14.4 Å². The van der Waals surface area contributed by atoms with Crippen molar-refractivity contribution in [3.63, 3.8) is 0 Å². The smallest absolute Gasteiger partial charge is 0.416 e. The van der Waals surface area contributed by atoms with Gasteiger partial charge in [-0.1, -0.05) is 12.1 Å². The van der Waals surface area contributed by atoms with Crippen molar-refractivity contribution < 1.29 is 35.9 Å². The van der Waals surface area contributed by atoms with E-state index in [9.17, 15) is 26.4 Å². The third-order valence-electron chi connectivity index (χ3n) is 6.48. The molecular formula is C23H23F3N2O5S. The van der Waals surface area contributed by atoms with Gasteiger partial charge in [0.25, 0.3) is 0 Å². The van der Waals surface area contributed by atoms with E-state index >= 15 is 0 Å². The van der Waals surface area contributed by atoms with Crippen LogP contribution in [0, 0.1) is 5.92 Å². The molecule has 0 radical (unpaired) electrons. The van der Waals surface area contributed by atoms with Gasteiger partial charge in [-0.25, -0.2) is 8.42 Å². The number of amides is 1. The summed E-state index contributed by atoms with van der Waals surface area (Å²) in [5, 5.41) is 0. The second-order valence-corrected chi connectivity index (χ2v) is 10.5. The van der Waals surface area contributed by atoms with Crippen LogP contribution in [-0.4, -0.2) is 62.9 Å². The lowest BCUT2D eigenvalue weighted by Gasteiger charge is -2.34. The van der Waals surface area contributed by atoms with E-state index in [0.29, 0.717) is 36.7 Å². The number of rotatable bonds is 4. The summed E-state index contributed by atoms with van der Waals surface area (Å²) in [5.74, 6) is 0.435. The zero-order valence-electron chi connectivity index (χ0n) is 18.1. The van der Waals surface area contributed by atoms with Crippen LogP contribution >= 0.6 is 0 Å². The molecule has 0 N–H and O–H groups in total. The zero-order chi connectivity index (χ0) is 24.1. The molecule has 2 aromatic carbocycles. The first-order chi connectivity index (χ1) is 16.1. The number of ether oxygens (including phenoxy) is 2. The predicted molar refractivity (Wildman–Crippen MR) is 115 cm³/mol. The Hall–Kier alpha value is -2.79. The number of carbonyl (C=O) groups excluding carboxylic acids is 1. The summed E-state index contributed by atoms with van der Waals surface area (Å²) < 4.78 is 76.7. The molecule has 1 saturated heterocycles. The molecule has 2 heterocycles. The van der Waals surface area contributed by atoms with Crippen molar-refractivity contribution in [3.05, 3.63) is 53.6 Å². The first kappa shape index (κ1) is 23.0. The van der Waals surface area contributed by atoms with E-state index in [2.05, 4.69) is 0 Å². The molecular weight excluding hydrogens is 473 g/mol. The third-order valence-corrected chi connectivity index (χ3v) is 8.37. The highest BCUT2D eigenvalue weighted by Crippen LogP contribution is 2.49. The molecule has 2 aliphatic heterocycles. The summed E-state index contributed by atoms with van der Waals surface area (Å²) in [4.78, 5) is 14.7. The van der Waals surface area contributed by atoms with Crippen LogP contribution in [0.2, 0.25) is 0 Å². The van der Waals surface area contributed by atoms with Crippen LogP contribution in [0.1, 0.15) is 23.5 Å². The summed E-state index contributed by atoms with van der Waals surface area (Å²) in [5.41, 5.74) is 0.00120. The largest absolute Gasteiger partial charge is 0.486 e. The Morgan fingerprint density at radius 3 is 2.21 bits per heavy atom. The molecule has 5 rings (SSSR count). The van der Waals surface area contributed by atoms with E-state index in [4.69, 9.17) is 9.47 Å². The van der Waals surface area contributed by atoms with Gasteiger partial charge in [-0.2, -0.15) is 17.5 Å². The lowest BCUT2D eigenvalue weighted by atomic mass is 10.1. The minimum absolute atomic E-state index is 0.0822. The maximum absolute atomic E-state index is 13.1. The minimum atomic E-state index is -4.39. The summed E-state index contributed by atoms with van der Waals surface area (Å²) in [7, 11) is -3.75. The number of hydrogen-bond donors (Lipinski definition) is 0. The van der Waals surface area contributed by atoms with E-state index in [1.807, 2.05) is 0 Å². The van der Waals surface area contributed by atoms with E-state index in [1.165, 1.54) is 28.6 Å². The highest BCUT2D eigenvalue weighted by atomic mass is 32.2. The Kier molecular flexibility index (Phi) is 5.71. The highest BCUT2D eigenvalue weighted by Gasteiger charge is 2.46. The van der Waals surface area contributed by atoms with Gasteiger partial charge in [-0.15, -0.1) is 0 Å². The van der Waals surface area contributed by atoms with Gasteiger partial charge in [0.15, 0.2) is 11.5 Å². The maximum atomic E-state index is 13.1. The molecule has 1 saturated carbocycles. The van der Waals surface area contributed by atoms with Crippen LogP contribution in [0.3, 0.4) is 0 Å². The van der Waals surface area contributed by atoms with E-state index < -0.39 is 21.8 Å². The second kappa shape index (κ2) is 8.46. The Labute approximate surface area is 195 Å². The van der Waals surface area contributed by atoms with Crippen molar-refractivity contribution in [2.45, 2.75) is 23.4 Å². The first-order valence-electron chi connectivity index (χ1n) is 11.0. The molecule has 2 atom stereocenters. The third kappa shape index (κ3) is 4.34. The number of hydrogen-bond acceptors (Lipinski definition) is 5. The van der Waals surface area contributed by atoms with Gasteiger partial charge in [-0.3, -0.25) is 4.79 Å². The van der Waals surface area contributed by atoms with Crippen molar-refractivity contribution in [2.24, 2.45) is 5.92 Å². The second-order valence-electron chi connectivity index (χ2n) is 8.60. The Morgan fingerprint density at radius 2 is 1.56 bits per heavy atom. The molecule has 7 nitrogen and oxygen atoms in total. The number of fused-ring (bicyclic) bond motifs is 1. The fourth-order valence-corrected chi connectivity index (χ4v) is 5.91. The van der Waals surface area contributed by atoms with Crippen molar-refractivity contribution in [2.75, 3.05) is 39.4 Å². The number of nitrogens with zero attached hydrogens (tertiary/aromatic N) is 2. The van der Waals surface area contributed by atoms with E-state index in [1.54, 1.807) is 11.0 Å². The maximum Gasteiger partial charge on any atom is 0.416 e. The fraction of sp³-hybridized carbons (Fsp3) is 0.435. The van der Waals surface area contributed by atoms with Gasteiger partial charge in [0.1, 0.15) is 13.2 Å².